The van der Waals surface area contributed by atoms with E-state index in [0.29, 0.717) is 75.4 Å². The van der Waals surface area contributed by atoms with Crippen LogP contribution in [0.15, 0.2) is 97.2 Å². The molecule has 7 aromatic rings. The number of aliphatic carboxylic acids is 1. The molecule has 4 heterocycles. The lowest BCUT2D eigenvalue weighted by molar-refractivity contribution is -0.271. The number of nitrogens with two attached hydrogens (primary N) is 1. The van der Waals surface area contributed by atoms with Crippen LogP contribution in [0.4, 0.5) is 9.93 Å². The van der Waals surface area contributed by atoms with Crippen molar-refractivity contribution < 1.29 is 81.4 Å². The average molecular weight is 1300 g/mol. The van der Waals surface area contributed by atoms with E-state index in [-0.39, 0.29) is 59.9 Å². The molecule has 4 saturated carbocycles. The summed E-state index contributed by atoms with van der Waals surface area (Å²) in [7, 11) is -2.88. The van der Waals surface area contributed by atoms with E-state index in [1.165, 1.54) is 22.3 Å². The van der Waals surface area contributed by atoms with Crippen LogP contribution < -0.4 is 21.1 Å². The Labute approximate surface area is 533 Å². The quantitative estimate of drug-likeness (QED) is 0.0218. The highest BCUT2D eigenvalue weighted by Gasteiger charge is 2.66. The number of fused-ring (bicyclic) bond motifs is 2. The van der Waals surface area contributed by atoms with E-state index in [4.69, 9.17) is 39.3 Å². The van der Waals surface area contributed by atoms with Gasteiger partial charge in [-0.3, -0.25) is 24.1 Å². The van der Waals surface area contributed by atoms with Gasteiger partial charge < -0.3 is 60.4 Å². The topological polar surface area (TPSA) is 375 Å². The third-order valence-electron chi connectivity index (χ3n) is 18.2. The average Bonchev–Trinajstić information content (AvgIpc) is 0.695. The zero-order chi connectivity index (χ0) is 65.7. The number of carboxylic acid groups (broad SMARTS) is 2. The molecule has 27 heteroatoms. The Hall–Kier alpha value is -7.99. The number of benzene rings is 4. The number of aryl methyl sites for hydroxylation is 1. The van der Waals surface area contributed by atoms with Crippen molar-refractivity contribution >= 4 is 77.4 Å². The standard InChI is InChI=1S/C65H74N8O17S2/c1-36-45(42-19-20-47(69-50(42)57(79)80)39-16-15-37-11-9-12-43(44(37)25-39)55(77)71-60-70-48-13-5-6-14-49(48)91-60)26-68-73(36)35-64-30-62(2)29-63(3,31-64)33-65(32-62,34-64)88-23-22-72(4)61(83)87-27-40-17-18-41(89-59-53(76)51(74)52(75)54(90-59)58(81)82)24-38(40)10-7-8-21-67-56(78)46(66)28-92(84,85)86/h5-6,9,11-20,24-26,46,51-54,59,74-76H,7-8,10,21-23,27-35,66H2,1-4H3,(H,67,78)(H,79,80)(H,81,82)(H,70,71,77)(H,84,85,86)/t46?,51-,52-,53+,54-,59+,62?,63?,64?,65?/m0/s1. The predicted octanol–water partition coefficient (Wildman–Crippen LogP) is 6.96. The Bertz CT molecular complexity index is 4070. The molecule has 10 N–H and O–H groups in total. The number of likely N-dealkylation sites (N-methyl/N-ethyl adjacent to an activating group) is 1. The fraction of sp³-hybridized carbons (Fsp3) is 0.446. The predicted molar refractivity (Wildman–Crippen MR) is 337 cm³/mol. The van der Waals surface area contributed by atoms with Crippen molar-refractivity contribution in [2.24, 2.45) is 22.0 Å². The number of unbranched alkanes of at least 4 members (excludes halogenated alkanes) is 1. The Morgan fingerprint density at radius 2 is 1.62 bits per heavy atom. The summed E-state index contributed by atoms with van der Waals surface area (Å²) >= 11 is 1.39. The lowest BCUT2D eigenvalue weighted by atomic mass is 9.39. The zero-order valence-corrected chi connectivity index (χ0v) is 52.7. The van der Waals surface area contributed by atoms with Crippen molar-refractivity contribution in [2.45, 2.75) is 134 Å². The van der Waals surface area contributed by atoms with Gasteiger partial charge in [0, 0.05) is 54.6 Å². The Balaban J connectivity index is 0.738. The molecule has 5 fully saturated rings. The number of nitrogens with zero attached hydrogens (tertiary/aromatic N) is 5. The number of aromatic nitrogens is 4. The molecule has 0 radical (unpaired) electrons. The van der Waals surface area contributed by atoms with E-state index in [9.17, 15) is 57.9 Å². The third-order valence-corrected chi connectivity index (χ3v) is 19.9. The molecule has 4 aromatic carbocycles. The number of anilines is 1. The molecule has 3 unspecified atom stereocenters. The molecule has 25 nitrogen and oxygen atoms in total. The molecule has 8 atom stereocenters. The van der Waals surface area contributed by atoms with Gasteiger partial charge in [-0.25, -0.2) is 24.4 Å². The molecule has 92 heavy (non-hydrogen) atoms. The van der Waals surface area contributed by atoms with Gasteiger partial charge in [-0.2, -0.15) is 13.5 Å². The first-order valence-electron chi connectivity index (χ1n) is 30.3. The maximum atomic E-state index is 13.8. The van der Waals surface area contributed by atoms with Gasteiger partial charge in [0.1, 0.15) is 36.7 Å². The van der Waals surface area contributed by atoms with Crippen molar-refractivity contribution in [3.63, 3.8) is 0 Å². The van der Waals surface area contributed by atoms with Crippen LogP contribution in [-0.4, -0.2) is 168 Å². The number of rotatable bonds is 24. The molecular weight excluding hydrogens is 1230 g/mol. The number of aliphatic hydroxyl groups excluding tert-OH is 3. The molecule has 0 spiro atoms. The number of hydrogen-bond donors (Lipinski definition) is 9. The van der Waals surface area contributed by atoms with Crippen LogP contribution in [-0.2, 0) is 53.5 Å². The molecule has 3 aromatic heterocycles. The molecule has 4 aliphatic carbocycles. The van der Waals surface area contributed by atoms with Gasteiger partial charge in [0.05, 0.1) is 40.1 Å². The van der Waals surface area contributed by atoms with Gasteiger partial charge in [-0.05, 0) is 151 Å². The summed E-state index contributed by atoms with van der Waals surface area (Å²) in [6.07, 6.45) is -1.72. The SMILES string of the molecule is Cc1c(-c2ccc(-c3ccc4cccc(C(=O)Nc5nc6ccccc6s5)c4c3)nc2C(=O)O)cnn1CC12CC3(C)CC(C)(C1)CC(OCCN(C)C(=O)OCc1ccc(O[C@@H]4O[C@H](C(=O)O)[C@@H](O)[C@H](O)[C@H]4O)cc1CCCCNC(=O)C(N)CS(=O)(=O)O)(C3)C2. The number of aliphatic hydroxyl groups is 3. The van der Waals surface area contributed by atoms with Gasteiger partial charge in [0.25, 0.3) is 16.0 Å². The summed E-state index contributed by atoms with van der Waals surface area (Å²) < 4.78 is 58.4. The fourth-order valence-corrected chi connectivity index (χ4v) is 16.7. The Morgan fingerprint density at radius 1 is 0.859 bits per heavy atom. The van der Waals surface area contributed by atoms with Crippen LogP contribution in [0, 0.1) is 23.2 Å². The summed E-state index contributed by atoms with van der Waals surface area (Å²) in [6, 6.07) is 25.4. The highest BCUT2D eigenvalue weighted by Crippen LogP contribution is 2.72. The van der Waals surface area contributed by atoms with E-state index in [1.807, 2.05) is 66.2 Å². The van der Waals surface area contributed by atoms with E-state index in [1.54, 1.807) is 43.6 Å². The lowest BCUT2D eigenvalue weighted by Gasteiger charge is -2.69. The van der Waals surface area contributed by atoms with Crippen LogP contribution in [0.5, 0.6) is 5.75 Å². The molecular formula is C65H74N8O17S2. The number of nitrogens with one attached hydrogen (secondary N) is 2. The van der Waals surface area contributed by atoms with E-state index in [0.717, 1.165) is 59.8 Å². The molecule has 4 bridgehead atoms. The first kappa shape index (κ1) is 65.5. The molecule has 1 aliphatic heterocycles. The van der Waals surface area contributed by atoms with E-state index in [2.05, 4.69) is 29.5 Å². The van der Waals surface area contributed by atoms with Gasteiger partial charge in [-0.1, -0.05) is 67.6 Å². The fourth-order valence-electron chi connectivity index (χ4n) is 15.2. The van der Waals surface area contributed by atoms with Gasteiger partial charge in [0.2, 0.25) is 12.2 Å². The van der Waals surface area contributed by atoms with Gasteiger partial charge >= 0.3 is 18.0 Å². The Kier molecular flexibility index (Phi) is 18.4. The van der Waals surface area contributed by atoms with Gasteiger partial charge in [0.15, 0.2) is 16.9 Å². The minimum atomic E-state index is -4.49. The molecule has 12 rings (SSSR count). The first-order valence-corrected chi connectivity index (χ1v) is 32.7. The van der Waals surface area contributed by atoms with Crippen LogP contribution in [0.25, 0.3) is 43.4 Å². The number of carbonyl (C=O) groups excluding carboxylic acids is 3. The molecule has 3 amide bonds. The zero-order valence-electron chi connectivity index (χ0n) is 51.1. The maximum absolute atomic E-state index is 13.8. The first-order chi connectivity index (χ1) is 43.6. The van der Waals surface area contributed by atoms with Crippen LogP contribution in [0.1, 0.15) is 103 Å². The largest absolute Gasteiger partial charge is 0.479 e. The van der Waals surface area contributed by atoms with E-state index < -0.39 is 82.2 Å². The molecule has 5 aliphatic rings. The number of amides is 3. The summed E-state index contributed by atoms with van der Waals surface area (Å²) in [5, 5.41) is 63.8. The summed E-state index contributed by atoms with van der Waals surface area (Å²) in [5.41, 5.74) is 9.98. The number of para-hydroxylation sites is 1. The highest BCUT2D eigenvalue weighted by molar-refractivity contribution is 7.85. The number of pyridine rings is 1. The minimum Gasteiger partial charge on any atom is -0.479 e. The van der Waals surface area contributed by atoms with Crippen LogP contribution >= 0.6 is 11.3 Å². The Morgan fingerprint density at radius 3 is 2.35 bits per heavy atom. The van der Waals surface area contributed by atoms with Crippen LogP contribution in [0.2, 0.25) is 0 Å². The summed E-state index contributed by atoms with van der Waals surface area (Å²) in [5.74, 6) is -4.76. The number of aromatic carboxylic acids is 1. The summed E-state index contributed by atoms with van der Waals surface area (Å²) in [6.45, 7) is 7.51. The summed E-state index contributed by atoms with van der Waals surface area (Å²) in [4.78, 5) is 75.4. The molecule has 1 saturated heterocycles. The number of carbonyl (C=O) groups is 5. The van der Waals surface area contributed by atoms with Crippen molar-refractivity contribution in [1.29, 1.82) is 0 Å². The lowest BCUT2D eigenvalue weighted by Crippen LogP contribution is -2.64. The minimum absolute atomic E-state index is 0.0441. The monoisotopic (exact) mass is 1300 g/mol. The third kappa shape index (κ3) is 14.2. The van der Waals surface area contributed by atoms with Crippen molar-refractivity contribution in [2.75, 3.05) is 37.8 Å². The van der Waals surface area contributed by atoms with Crippen molar-refractivity contribution in [1.82, 2.24) is 30.0 Å². The number of hydrogen-bond acceptors (Lipinski definition) is 19. The van der Waals surface area contributed by atoms with Gasteiger partial charge in [-0.15, -0.1) is 0 Å². The molecule has 488 valence electrons. The van der Waals surface area contributed by atoms with Crippen molar-refractivity contribution in [3.05, 3.63) is 125 Å². The second-order valence-corrected chi connectivity index (χ2v) is 28.5. The van der Waals surface area contributed by atoms with E-state index >= 15 is 0 Å². The van der Waals surface area contributed by atoms with Crippen LogP contribution in [0.3, 0.4) is 0 Å². The number of ether oxygens (including phenoxy) is 4. The second-order valence-electron chi connectivity index (χ2n) is 26.0. The normalized spacial score (nSPS) is 25.3. The second kappa shape index (κ2) is 25.8. The number of thiazole rings is 1. The number of carboxylic acids is 2. The van der Waals surface area contributed by atoms with Crippen molar-refractivity contribution in [3.8, 4) is 28.1 Å². The highest BCUT2D eigenvalue weighted by atomic mass is 32.2. The smallest absolute Gasteiger partial charge is 0.409 e. The maximum Gasteiger partial charge on any atom is 0.409 e.